The Kier molecular flexibility index (Phi) is 3.94. The summed E-state index contributed by atoms with van der Waals surface area (Å²) in [6, 6.07) is 20.2. The van der Waals surface area contributed by atoms with Gasteiger partial charge in [0.1, 0.15) is 11.8 Å². The molecule has 3 rings (SSSR count). The first kappa shape index (κ1) is 14.6. The monoisotopic (exact) mass is 303 g/mol. The number of hydrogen-bond donors (Lipinski definition) is 0. The fourth-order valence-corrected chi connectivity index (χ4v) is 2.31. The van der Waals surface area contributed by atoms with Crippen LogP contribution in [-0.2, 0) is 4.74 Å². The van der Waals surface area contributed by atoms with Crippen LogP contribution in [0.1, 0.15) is 15.9 Å². The molecule has 4 heteroatoms. The number of benzene rings is 2. The van der Waals surface area contributed by atoms with Crippen molar-refractivity contribution >= 4 is 5.97 Å². The zero-order valence-electron chi connectivity index (χ0n) is 12.4. The van der Waals surface area contributed by atoms with Crippen molar-refractivity contribution in [1.82, 2.24) is 0 Å². The van der Waals surface area contributed by atoms with Gasteiger partial charge in [-0.05, 0) is 12.1 Å². The van der Waals surface area contributed by atoms with Crippen molar-refractivity contribution in [3.63, 3.8) is 0 Å². The maximum Gasteiger partial charge on any atom is 0.337 e. The molecule has 3 aromatic rings. The van der Waals surface area contributed by atoms with Gasteiger partial charge >= 0.3 is 5.97 Å². The predicted octanol–water partition coefficient (Wildman–Crippen LogP) is 4.27. The largest absolute Gasteiger partial charge is 0.465 e. The number of carbonyl (C=O) groups excluding carboxylic acids is 1. The Morgan fingerprint density at radius 2 is 1.74 bits per heavy atom. The second-order valence-electron chi connectivity index (χ2n) is 4.90. The van der Waals surface area contributed by atoms with E-state index in [9.17, 15) is 10.1 Å². The molecule has 0 radical (unpaired) electrons. The number of hydrogen-bond acceptors (Lipinski definition) is 4. The van der Waals surface area contributed by atoms with Crippen molar-refractivity contribution in [3.05, 3.63) is 71.8 Å². The maximum atomic E-state index is 11.5. The number of ether oxygens (including phenoxy) is 1. The molecule has 0 fully saturated rings. The van der Waals surface area contributed by atoms with Crippen molar-refractivity contribution in [1.29, 1.82) is 5.26 Å². The minimum atomic E-state index is -0.390. The van der Waals surface area contributed by atoms with Crippen LogP contribution >= 0.6 is 0 Å². The van der Waals surface area contributed by atoms with Gasteiger partial charge in [0.2, 0.25) is 0 Å². The van der Waals surface area contributed by atoms with E-state index in [2.05, 4.69) is 10.8 Å². The zero-order chi connectivity index (χ0) is 16.2. The molecule has 112 valence electrons. The zero-order valence-corrected chi connectivity index (χ0v) is 12.4. The summed E-state index contributed by atoms with van der Waals surface area (Å²) >= 11 is 0. The molecule has 0 bridgehead atoms. The molecule has 23 heavy (non-hydrogen) atoms. The third kappa shape index (κ3) is 2.85. The summed E-state index contributed by atoms with van der Waals surface area (Å²) in [5.74, 6) is 0.732. The van der Waals surface area contributed by atoms with E-state index in [0.29, 0.717) is 22.6 Å². The quantitative estimate of drug-likeness (QED) is 0.678. The second kappa shape index (κ2) is 6.20. The molecule has 0 aliphatic heterocycles. The van der Waals surface area contributed by atoms with Gasteiger partial charge in [0.15, 0.2) is 5.76 Å². The van der Waals surface area contributed by atoms with Gasteiger partial charge in [0.05, 0.1) is 18.2 Å². The van der Waals surface area contributed by atoms with E-state index in [4.69, 9.17) is 4.42 Å². The Labute approximate surface area is 133 Å². The number of furan rings is 1. The van der Waals surface area contributed by atoms with Crippen molar-refractivity contribution in [2.75, 3.05) is 7.11 Å². The summed E-state index contributed by atoms with van der Waals surface area (Å²) < 4.78 is 10.5. The Morgan fingerprint density at radius 3 is 2.35 bits per heavy atom. The lowest BCUT2D eigenvalue weighted by atomic mass is 10.1. The summed E-state index contributed by atoms with van der Waals surface area (Å²) in [6.45, 7) is 0. The van der Waals surface area contributed by atoms with Crippen molar-refractivity contribution in [2.45, 2.75) is 0 Å². The summed E-state index contributed by atoms with van der Waals surface area (Å²) in [5.41, 5.74) is 2.58. The van der Waals surface area contributed by atoms with Crippen molar-refractivity contribution < 1.29 is 13.9 Å². The van der Waals surface area contributed by atoms with E-state index < -0.39 is 5.97 Å². The minimum Gasteiger partial charge on any atom is -0.465 e. The smallest absolute Gasteiger partial charge is 0.337 e. The molecule has 0 saturated carbocycles. The van der Waals surface area contributed by atoms with Gasteiger partial charge in [0, 0.05) is 17.2 Å². The molecule has 2 aromatic carbocycles. The number of nitriles is 1. The number of rotatable bonds is 3. The fraction of sp³-hybridized carbons (Fsp3) is 0.0526. The molecule has 1 aromatic heterocycles. The van der Waals surface area contributed by atoms with Crippen LogP contribution in [-0.4, -0.2) is 13.1 Å². The molecule has 0 aliphatic rings. The molecular weight excluding hydrogens is 290 g/mol. The number of nitrogens with zero attached hydrogens (tertiary/aromatic N) is 1. The summed E-state index contributed by atoms with van der Waals surface area (Å²) in [4.78, 5) is 11.5. The minimum absolute atomic E-state index is 0.390. The topological polar surface area (TPSA) is 63.2 Å². The third-order valence-corrected chi connectivity index (χ3v) is 3.48. The van der Waals surface area contributed by atoms with Crippen molar-refractivity contribution in [2.24, 2.45) is 0 Å². The average molecular weight is 303 g/mol. The Balaban J connectivity index is 2.00. The number of methoxy groups -OCH3 is 1. The highest BCUT2D eigenvalue weighted by Gasteiger charge is 2.14. The molecule has 0 amide bonds. The van der Waals surface area contributed by atoms with Gasteiger partial charge in [-0.1, -0.05) is 42.5 Å². The highest BCUT2D eigenvalue weighted by Crippen LogP contribution is 2.32. The highest BCUT2D eigenvalue weighted by molar-refractivity contribution is 5.89. The molecule has 0 saturated heterocycles. The molecule has 1 heterocycles. The molecule has 0 aliphatic carbocycles. The SMILES string of the molecule is COC(=O)c1ccc(-c2cc(C#N)c(-c3ccccc3)o2)cc1. The first-order valence-electron chi connectivity index (χ1n) is 7.01. The van der Waals surface area contributed by atoms with Crippen LogP contribution < -0.4 is 0 Å². The highest BCUT2D eigenvalue weighted by atomic mass is 16.5. The van der Waals surface area contributed by atoms with Crippen LogP contribution in [0.3, 0.4) is 0 Å². The van der Waals surface area contributed by atoms with E-state index in [0.717, 1.165) is 11.1 Å². The second-order valence-corrected chi connectivity index (χ2v) is 4.90. The predicted molar refractivity (Wildman–Crippen MR) is 85.6 cm³/mol. The van der Waals surface area contributed by atoms with Crippen LogP contribution in [0.15, 0.2) is 65.1 Å². The van der Waals surface area contributed by atoms with Crippen LogP contribution in [0.5, 0.6) is 0 Å². The van der Waals surface area contributed by atoms with Gasteiger partial charge in [0.25, 0.3) is 0 Å². The fourth-order valence-electron chi connectivity index (χ4n) is 2.31. The van der Waals surface area contributed by atoms with E-state index in [1.165, 1.54) is 7.11 Å². The summed E-state index contributed by atoms with van der Waals surface area (Å²) in [6.07, 6.45) is 0. The van der Waals surface area contributed by atoms with Gasteiger partial charge < -0.3 is 9.15 Å². The molecule has 0 unspecified atom stereocenters. The van der Waals surface area contributed by atoms with Crippen molar-refractivity contribution in [3.8, 4) is 28.7 Å². The van der Waals surface area contributed by atoms with E-state index in [-0.39, 0.29) is 0 Å². The Hall–Kier alpha value is -3.32. The van der Waals surface area contributed by atoms with Crippen LogP contribution in [0, 0.1) is 11.3 Å². The normalized spacial score (nSPS) is 10.1. The Morgan fingerprint density at radius 1 is 1.04 bits per heavy atom. The van der Waals surface area contributed by atoms with Gasteiger partial charge in [-0.2, -0.15) is 5.26 Å². The first-order chi connectivity index (χ1) is 11.2. The summed E-state index contributed by atoms with van der Waals surface area (Å²) in [7, 11) is 1.34. The molecular formula is C19H13NO3. The Bertz CT molecular complexity index is 871. The average Bonchev–Trinajstić information content (AvgIpc) is 3.06. The van der Waals surface area contributed by atoms with Gasteiger partial charge in [-0.25, -0.2) is 4.79 Å². The molecule has 0 spiro atoms. The lowest BCUT2D eigenvalue weighted by Crippen LogP contribution is -2.00. The maximum absolute atomic E-state index is 11.5. The van der Waals surface area contributed by atoms with Crippen LogP contribution in [0.25, 0.3) is 22.6 Å². The van der Waals surface area contributed by atoms with Crippen LogP contribution in [0.2, 0.25) is 0 Å². The van der Waals surface area contributed by atoms with E-state index in [1.807, 2.05) is 30.3 Å². The van der Waals surface area contributed by atoms with E-state index >= 15 is 0 Å². The first-order valence-corrected chi connectivity index (χ1v) is 7.01. The number of esters is 1. The van der Waals surface area contributed by atoms with Gasteiger partial charge in [-0.3, -0.25) is 0 Å². The third-order valence-electron chi connectivity index (χ3n) is 3.48. The lowest BCUT2D eigenvalue weighted by Gasteiger charge is -2.01. The molecule has 0 atom stereocenters. The van der Waals surface area contributed by atoms with Gasteiger partial charge in [-0.15, -0.1) is 0 Å². The van der Waals surface area contributed by atoms with E-state index in [1.54, 1.807) is 30.3 Å². The summed E-state index contributed by atoms with van der Waals surface area (Å²) in [5, 5.41) is 9.32. The lowest BCUT2D eigenvalue weighted by molar-refractivity contribution is 0.0601. The number of carbonyl (C=O) groups is 1. The van der Waals surface area contributed by atoms with Crippen LogP contribution in [0.4, 0.5) is 0 Å². The molecule has 0 N–H and O–H groups in total. The standard InChI is InChI=1S/C19H13NO3/c1-22-19(21)15-9-7-13(8-10-15)17-11-16(12-20)18(23-17)14-5-3-2-4-6-14/h2-11H,1H3. The molecule has 4 nitrogen and oxygen atoms in total.